The van der Waals surface area contributed by atoms with Gasteiger partial charge in [-0.3, -0.25) is 9.59 Å². The minimum absolute atomic E-state index is 0.0888. The van der Waals surface area contributed by atoms with Crippen molar-refractivity contribution in [3.8, 4) is 0 Å². The van der Waals surface area contributed by atoms with Gasteiger partial charge >= 0.3 is 11.9 Å². The Bertz CT molecular complexity index is 945. The van der Waals surface area contributed by atoms with Gasteiger partial charge in [-0.05, 0) is 36.5 Å². The van der Waals surface area contributed by atoms with Crippen molar-refractivity contribution in [1.29, 1.82) is 0 Å². The third-order valence-corrected chi connectivity index (χ3v) is 7.29. The lowest BCUT2D eigenvalue weighted by Gasteiger charge is -2.13. The molecule has 186 valence electrons. The van der Waals surface area contributed by atoms with Gasteiger partial charge in [-0.15, -0.1) is 0 Å². The van der Waals surface area contributed by atoms with Crippen molar-refractivity contribution in [3.63, 3.8) is 0 Å². The predicted molar refractivity (Wildman–Crippen MR) is 117 cm³/mol. The van der Waals surface area contributed by atoms with Gasteiger partial charge in [-0.25, -0.2) is 17.6 Å². The molecule has 8 heteroatoms. The smallest absolute Gasteiger partial charge is 0.310 e. The van der Waals surface area contributed by atoms with Gasteiger partial charge in [-0.2, -0.15) is 0 Å². The number of rotatable bonds is 8. The lowest BCUT2D eigenvalue weighted by Crippen LogP contribution is -2.16. The summed E-state index contributed by atoms with van der Waals surface area (Å²) < 4.78 is 68.3. The Kier molecular flexibility index (Phi) is 7.02. The Labute approximate surface area is 197 Å². The normalized spacial score (nSPS) is 26.6. The van der Waals surface area contributed by atoms with E-state index in [9.17, 15) is 27.2 Å². The highest BCUT2D eigenvalue weighted by atomic mass is 19.2. The predicted octanol–water partition coefficient (Wildman–Crippen LogP) is 6.03. The summed E-state index contributed by atoms with van der Waals surface area (Å²) in [5, 5.41) is 0. The van der Waals surface area contributed by atoms with Gasteiger partial charge in [0, 0.05) is 0 Å². The van der Waals surface area contributed by atoms with Crippen molar-refractivity contribution < 1.29 is 36.6 Å². The first-order valence-corrected chi connectivity index (χ1v) is 11.2. The van der Waals surface area contributed by atoms with E-state index in [1.165, 1.54) is 0 Å². The molecule has 0 aliphatic heterocycles. The maximum Gasteiger partial charge on any atom is 0.310 e. The van der Waals surface area contributed by atoms with E-state index in [-0.39, 0.29) is 22.7 Å². The standard InChI is InChI=1S/C26H30F4O4/c1-7-9-15-17(25(15,3)4)23(31)33-11-13-19(27)21(29)14(22(30)20(13)28)12-34-24(32)18-16(10-8-2)26(18,5)6/h7-10,15-18H,11-12H2,1-6H3/b9-7-,10-8-. The maximum atomic E-state index is 14.6. The molecule has 4 atom stereocenters. The molecule has 2 aliphatic carbocycles. The first kappa shape index (κ1) is 26.0. The molecule has 2 fully saturated rings. The van der Waals surface area contributed by atoms with E-state index in [1.807, 2.05) is 39.8 Å². The van der Waals surface area contributed by atoms with Gasteiger partial charge in [0.1, 0.15) is 13.2 Å². The number of ether oxygens (including phenoxy) is 2. The van der Waals surface area contributed by atoms with Gasteiger partial charge in [-0.1, -0.05) is 52.0 Å². The molecule has 4 nitrogen and oxygen atoms in total. The van der Waals surface area contributed by atoms with Crippen LogP contribution in [0.25, 0.3) is 0 Å². The summed E-state index contributed by atoms with van der Waals surface area (Å²) in [6, 6.07) is 0. The Balaban J connectivity index is 1.70. The fraction of sp³-hybridized carbons (Fsp3) is 0.538. The largest absolute Gasteiger partial charge is 0.460 e. The Hall–Kier alpha value is -2.64. The molecule has 3 rings (SSSR count). The lowest BCUT2D eigenvalue weighted by molar-refractivity contribution is -0.148. The van der Waals surface area contributed by atoms with E-state index in [0.29, 0.717) is 0 Å². The van der Waals surface area contributed by atoms with Gasteiger partial charge in [0.2, 0.25) is 0 Å². The molecule has 0 heterocycles. The molecule has 0 bridgehead atoms. The molecule has 0 saturated heterocycles. The highest BCUT2D eigenvalue weighted by Crippen LogP contribution is 2.60. The van der Waals surface area contributed by atoms with Gasteiger partial charge in [0.15, 0.2) is 23.3 Å². The van der Waals surface area contributed by atoms with Gasteiger partial charge in [0.25, 0.3) is 0 Å². The zero-order chi connectivity index (χ0) is 25.6. The van der Waals surface area contributed by atoms with Crippen LogP contribution in [0.5, 0.6) is 0 Å². The van der Waals surface area contributed by atoms with Crippen LogP contribution >= 0.6 is 0 Å². The number of hydrogen-bond donors (Lipinski definition) is 0. The first-order valence-electron chi connectivity index (χ1n) is 11.2. The summed E-state index contributed by atoms with van der Waals surface area (Å²) in [5.74, 6) is -9.34. The van der Waals surface area contributed by atoms with Crippen LogP contribution in [-0.2, 0) is 32.3 Å². The summed E-state index contributed by atoms with van der Waals surface area (Å²) in [7, 11) is 0. The fourth-order valence-corrected chi connectivity index (χ4v) is 4.83. The topological polar surface area (TPSA) is 52.6 Å². The van der Waals surface area contributed by atoms with Crippen LogP contribution in [-0.4, -0.2) is 11.9 Å². The number of esters is 2. The third kappa shape index (κ3) is 4.39. The van der Waals surface area contributed by atoms with Crippen LogP contribution in [0.1, 0.15) is 52.7 Å². The molecule has 0 spiro atoms. The number of benzene rings is 1. The van der Waals surface area contributed by atoms with E-state index in [0.717, 1.165) is 0 Å². The van der Waals surface area contributed by atoms with E-state index < -0.39 is 71.4 Å². The van der Waals surface area contributed by atoms with Crippen molar-refractivity contribution in [2.75, 3.05) is 0 Å². The molecular formula is C26H30F4O4. The second-order valence-corrected chi connectivity index (χ2v) is 10.1. The Morgan fingerprint density at radius 3 is 1.26 bits per heavy atom. The fourth-order valence-electron chi connectivity index (χ4n) is 4.83. The lowest BCUT2D eigenvalue weighted by atomic mass is 10.1. The van der Waals surface area contributed by atoms with E-state index in [1.54, 1.807) is 26.0 Å². The number of carbonyl (C=O) groups excluding carboxylic acids is 2. The monoisotopic (exact) mass is 482 g/mol. The Morgan fingerprint density at radius 2 is 1.00 bits per heavy atom. The van der Waals surface area contributed by atoms with Crippen LogP contribution < -0.4 is 0 Å². The van der Waals surface area contributed by atoms with Gasteiger partial charge in [0.05, 0.1) is 23.0 Å². The molecular weight excluding hydrogens is 452 g/mol. The summed E-state index contributed by atoms with van der Waals surface area (Å²) in [6.07, 6.45) is 7.26. The number of carbonyl (C=O) groups is 2. The molecule has 0 N–H and O–H groups in total. The Morgan fingerprint density at radius 1 is 0.706 bits per heavy atom. The zero-order valence-corrected chi connectivity index (χ0v) is 20.2. The first-order chi connectivity index (χ1) is 15.8. The highest BCUT2D eigenvalue weighted by Gasteiger charge is 2.62. The highest BCUT2D eigenvalue weighted by molar-refractivity contribution is 5.78. The van der Waals surface area contributed by atoms with Crippen LogP contribution in [0.2, 0.25) is 0 Å². The average Bonchev–Trinajstić information content (AvgIpc) is 3.53. The summed E-state index contributed by atoms with van der Waals surface area (Å²) in [4.78, 5) is 24.7. The van der Waals surface area contributed by atoms with Crippen molar-refractivity contribution in [1.82, 2.24) is 0 Å². The van der Waals surface area contributed by atoms with Crippen molar-refractivity contribution in [2.24, 2.45) is 34.5 Å². The second-order valence-electron chi connectivity index (χ2n) is 10.1. The van der Waals surface area contributed by atoms with Crippen LogP contribution in [0, 0.1) is 57.8 Å². The zero-order valence-electron chi connectivity index (χ0n) is 20.2. The maximum absolute atomic E-state index is 14.6. The third-order valence-electron chi connectivity index (χ3n) is 7.29. The summed E-state index contributed by atoms with van der Waals surface area (Å²) in [6.45, 7) is 9.10. The second kappa shape index (κ2) is 9.19. The molecule has 4 unspecified atom stereocenters. The quantitative estimate of drug-likeness (QED) is 0.197. The van der Waals surface area contributed by atoms with Crippen molar-refractivity contribution in [2.45, 2.75) is 54.8 Å². The molecule has 1 aromatic rings. The molecule has 1 aromatic carbocycles. The van der Waals surface area contributed by atoms with Crippen LogP contribution in [0.3, 0.4) is 0 Å². The SMILES string of the molecule is C/C=C\C1C(C(=O)OCc2c(F)c(F)c(COC(=O)C3C(/C=C\C)C3(C)C)c(F)c2F)C1(C)C. The average molecular weight is 483 g/mol. The molecule has 0 aromatic heterocycles. The molecule has 2 aliphatic rings. The minimum Gasteiger partial charge on any atom is -0.460 e. The van der Waals surface area contributed by atoms with Crippen molar-refractivity contribution >= 4 is 11.9 Å². The van der Waals surface area contributed by atoms with E-state index in [4.69, 9.17) is 9.47 Å². The number of halogens is 4. The van der Waals surface area contributed by atoms with E-state index in [2.05, 4.69) is 0 Å². The molecule has 2 saturated carbocycles. The number of allylic oxidation sites excluding steroid dienone is 4. The molecule has 0 radical (unpaired) electrons. The summed E-state index contributed by atoms with van der Waals surface area (Å²) >= 11 is 0. The molecule has 34 heavy (non-hydrogen) atoms. The van der Waals surface area contributed by atoms with Crippen LogP contribution in [0.4, 0.5) is 17.6 Å². The minimum atomic E-state index is -1.68. The summed E-state index contributed by atoms with van der Waals surface area (Å²) in [5.41, 5.74) is -2.83. The van der Waals surface area contributed by atoms with Crippen LogP contribution in [0.15, 0.2) is 24.3 Å². The van der Waals surface area contributed by atoms with Gasteiger partial charge < -0.3 is 9.47 Å². The van der Waals surface area contributed by atoms with E-state index >= 15 is 0 Å². The number of hydrogen-bond acceptors (Lipinski definition) is 4. The van der Waals surface area contributed by atoms with Crippen molar-refractivity contribution in [3.05, 3.63) is 58.7 Å². The molecule has 0 amide bonds.